The van der Waals surface area contributed by atoms with E-state index in [1.807, 2.05) is 0 Å². The Bertz CT molecular complexity index is 242. The summed E-state index contributed by atoms with van der Waals surface area (Å²) in [5, 5.41) is 0. The molecule has 3 heteroatoms. The molecule has 0 spiro atoms. The van der Waals surface area contributed by atoms with Gasteiger partial charge in [-0.1, -0.05) is 19.3 Å². The Hall–Kier alpha value is -0.120. The Morgan fingerprint density at radius 3 is 2.32 bits per heavy atom. The van der Waals surface area contributed by atoms with Crippen molar-refractivity contribution in [2.45, 2.75) is 51.0 Å². The van der Waals surface area contributed by atoms with E-state index in [2.05, 4.69) is 23.9 Å². The first-order valence-electron chi connectivity index (χ1n) is 8.29. The molecule has 1 heterocycles. The summed E-state index contributed by atoms with van der Waals surface area (Å²) in [7, 11) is 4.55. The fourth-order valence-electron chi connectivity index (χ4n) is 4.04. The number of piperidine rings is 1. The molecule has 2 N–H and O–H groups in total. The predicted octanol–water partition coefficient (Wildman–Crippen LogP) is 2.17. The van der Waals surface area contributed by atoms with Gasteiger partial charge in [-0.3, -0.25) is 0 Å². The highest BCUT2D eigenvalue weighted by Crippen LogP contribution is 2.29. The molecule has 0 aromatic heterocycles. The molecule has 1 aliphatic heterocycles. The molecule has 1 saturated heterocycles. The molecule has 3 nitrogen and oxygen atoms in total. The zero-order valence-electron chi connectivity index (χ0n) is 13.0. The Balaban J connectivity index is 1.80. The van der Waals surface area contributed by atoms with Crippen molar-refractivity contribution in [2.75, 3.05) is 40.3 Å². The van der Waals surface area contributed by atoms with Gasteiger partial charge >= 0.3 is 0 Å². The van der Waals surface area contributed by atoms with E-state index in [1.165, 1.54) is 64.6 Å². The SMILES string of the molecule is CN1CCC(CN(C)C(CN)C2CCCCC2)CC1. The highest BCUT2D eigenvalue weighted by molar-refractivity contribution is 4.83. The van der Waals surface area contributed by atoms with E-state index in [0.29, 0.717) is 6.04 Å². The second kappa shape index (κ2) is 7.61. The zero-order valence-corrected chi connectivity index (χ0v) is 13.0. The van der Waals surface area contributed by atoms with Crippen LogP contribution in [0.25, 0.3) is 0 Å². The van der Waals surface area contributed by atoms with Crippen molar-refractivity contribution >= 4 is 0 Å². The normalized spacial score (nSPS) is 25.9. The summed E-state index contributed by atoms with van der Waals surface area (Å²) in [6.07, 6.45) is 9.81. The molecule has 0 aromatic rings. The van der Waals surface area contributed by atoms with E-state index in [4.69, 9.17) is 5.73 Å². The van der Waals surface area contributed by atoms with Gasteiger partial charge in [0.05, 0.1) is 0 Å². The summed E-state index contributed by atoms with van der Waals surface area (Å²) in [6.45, 7) is 4.64. The van der Waals surface area contributed by atoms with Crippen molar-refractivity contribution in [1.82, 2.24) is 9.80 Å². The quantitative estimate of drug-likeness (QED) is 0.828. The highest BCUT2D eigenvalue weighted by atomic mass is 15.2. The number of rotatable bonds is 5. The molecule has 1 saturated carbocycles. The molecule has 0 radical (unpaired) electrons. The van der Waals surface area contributed by atoms with Crippen LogP contribution in [-0.2, 0) is 0 Å². The highest BCUT2D eigenvalue weighted by Gasteiger charge is 2.27. The first kappa shape index (κ1) is 15.3. The first-order valence-corrected chi connectivity index (χ1v) is 8.29. The molecule has 1 aliphatic carbocycles. The van der Waals surface area contributed by atoms with Gasteiger partial charge in [-0.05, 0) is 64.7 Å². The van der Waals surface area contributed by atoms with E-state index in [0.717, 1.165) is 18.4 Å². The van der Waals surface area contributed by atoms with Gasteiger partial charge in [0, 0.05) is 19.1 Å². The molecule has 0 bridgehead atoms. The summed E-state index contributed by atoms with van der Waals surface area (Å²) in [5.41, 5.74) is 6.08. The molecular weight excluding hydrogens is 234 g/mol. The summed E-state index contributed by atoms with van der Waals surface area (Å²) < 4.78 is 0. The Labute approximate surface area is 119 Å². The van der Waals surface area contributed by atoms with Gasteiger partial charge in [-0.2, -0.15) is 0 Å². The maximum absolute atomic E-state index is 6.08. The fraction of sp³-hybridized carbons (Fsp3) is 1.00. The molecule has 0 aromatic carbocycles. The third kappa shape index (κ3) is 4.44. The van der Waals surface area contributed by atoms with Crippen LogP contribution in [0.15, 0.2) is 0 Å². The number of nitrogens with zero attached hydrogens (tertiary/aromatic N) is 2. The average molecular weight is 267 g/mol. The van der Waals surface area contributed by atoms with Crippen LogP contribution in [0.2, 0.25) is 0 Å². The summed E-state index contributed by atoms with van der Waals surface area (Å²) in [5.74, 6) is 1.74. The van der Waals surface area contributed by atoms with E-state index in [-0.39, 0.29) is 0 Å². The smallest absolute Gasteiger partial charge is 0.0243 e. The number of hydrogen-bond acceptors (Lipinski definition) is 3. The molecule has 112 valence electrons. The van der Waals surface area contributed by atoms with Crippen molar-refractivity contribution in [1.29, 1.82) is 0 Å². The van der Waals surface area contributed by atoms with Crippen molar-refractivity contribution < 1.29 is 0 Å². The third-order valence-electron chi connectivity index (χ3n) is 5.39. The lowest BCUT2D eigenvalue weighted by Gasteiger charge is -2.39. The number of likely N-dealkylation sites (N-methyl/N-ethyl adjacent to an activating group) is 1. The minimum absolute atomic E-state index is 0.625. The third-order valence-corrected chi connectivity index (χ3v) is 5.39. The molecule has 1 unspecified atom stereocenters. The fourth-order valence-corrected chi connectivity index (χ4v) is 4.04. The van der Waals surface area contributed by atoms with Gasteiger partial charge in [0.15, 0.2) is 0 Å². The maximum Gasteiger partial charge on any atom is 0.0243 e. The van der Waals surface area contributed by atoms with Crippen LogP contribution in [0.5, 0.6) is 0 Å². The van der Waals surface area contributed by atoms with Gasteiger partial charge < -0.3 is 15.5 Å². The monoisotopic (exact) mass is 267 g/mol. The lowest BCUT2D eigenvalue weighted by Crippen LogP contribution is -2.47. The largest absolute Gasteiger partial charge is 0.329 e. The van der Waals surface area contributed by atoms with Crippen molar-refractivity contribution in [3.8, 4) is 0 Å². The van der Waals surface area contributed by atoms with Crippen molar-refractivity contribution in [2.24, 2.45) is 17.6 Å². The van der Waals surface area contributed by atoms with E-state index in [9.17, 15) is 0 Å². The maximum atomic E-state index is 6.08. The van der Waals surface area contributed by atoms with Crippen LogP contribution in [0.3, 0.4) is 0 Å². The molecular formula is C16H33N3. The summed E-state index contributed by atoms with van der Waals surface area (Å²) in [4.78, 5) is 5.05. The van der Waals surface area contributed by atoms with Crippen molar-refractivity contribution in [3.63, 3.8) is 0 Å². The van der Waals surface area contributed by atoms with E-state index in [1.54, 1.807) is 0 Å². The number of nitrogens with two attached hydrogens (primary N) is 1. The Kier molecular flexibility index (Phi) is 6.11. The first-order chi connectivity index (χ1) is 9.20. The molecule has 0 amide bonds. The van der Waals surface area contributed by atoms with Gasteiger partial charge in [0.25, 0.3) is 0 Å². The van der Waals surface area contributed by atoms with Gasteiger partial charge in [-0.25, -0.2) is 0 Å². The van der Waals surface area contributed by atoms with Crippen LogP contribution in [0.4, 0.5) is 0 Å². The minimum Gasteiger partial charge on any atom is -0.329 e. The average Bonchev–Trinajstić information content (AvgIpc) is 2.43. The molecule has 1 atom stereocenters. The van der Waals surface area contributed by atoms with Gasteiger partial charge in [0.2, 0.25) is 0 Å². The van der Waals surface area contributed by atoms with Crippen LogP contribution < -0.4 is 5.73 Å². The minimum atomic E-state index is 0.625. The van der Waals surface area contributed by atoms with Gasteiger partial charge in [-0.15, -0.1) is 0 Å². The molecule has 2 fully saturated rings. The van der Waals surface area contributed by atoms with E-state index < -0.39 is 0 Å². The lowest BCUT2D eigenvalue weighted by molar-refractivity contribution is 0.108. The standard InChI is InChI=1S/C16H33N3/c1-18-10-8-14(9-11-18)13-19(2)16(12-17)15-6-4-3-5-7-15/h14-16H,3-13,17H2,1-2H3. The van der Waals surface area contributed by atoms with Crippen LogP contribution in [0, 0.1) is 11.8 Å². The lowest BCUT2D eigenvalue weighted by atomic mass is 9.83. The Morgan fingerprint density at radius 2 is 1.74 bits per heavy atom. The second-order valence-electron chi connectivity index (χ2n) is 6.89. The van der Waals surface area contributed by atoms with E-state index >= 15 is 0 Å². The summed E-state index contributed by atoms with van der Waals surface area (Å²) >= 11 is 0. The van der Waals surface area contributed by atoms with Crippen LogP contribution in [-0.4, -0.2) is 56.1 Å². The second-order valence-corrected chi connectivity index (χ2v) is 6.89. The number of likely N-dealkylation sites (tertiary alicyclic amines) is 1. The Morgan fingerprint density at radius 1 is 1.11 bits per heavy atom. The predicted molar refractivity (Wildman–Crippen MR) is 82.3 cm³/mol. The molecule has 2 rings (SSSR count). The molecule has 19 heavy (non-hydrogen) atoms. The van der Waals surface area contributed by atoms with Crippen molar-refractivity contribution in [3.05, 3.63) is 0 Å². The molecule has 2 aliphatic rings. The zero-order chi connectivity index (χ0) is 13.7. The van der Waals surface area contributed by atoms with Crippen LogP contribution in [0.1, 0.15) is 44.9 Å². The number of hydrogen-bond donors (Lipinski definition) is 1. The van der Waals surface area contributed by atoms with Gasteiger partial charge in [0.1, 0.15) is 0 Å². The summed E-state index contributed by atoms with van der Waals surface area (Å²) in [6, 6.07) is 0.625. The topological polar surface area (TPSA) is 32.5 Å². The van der Waals surface area contributed by atoms with Crippen LogP contribution >= 0.6 is 0 Å².